The fraction of sp³-hybridized carbons (Fsp3) is 0.471. The number of nitrogens with zero attached hydrogens (tertiary/aromatic N) is 3. The molecular formula is C17H25ClN4. The Morgan fingerprint density at radius 1 is 1.23 bits per heavy atom. The van der Waals surface area contributed by atoms with Crippen LogP contribution in [0.15, 0.2) is 30.3 Å². The van der Waals surface area contributed by atoms with Crippen molar-refractivity contribution in [1.82, 2.24) is 20.0 Å². The summed E-state index contributed by atoms with van der Waals surface area (Å²) >= 11 is 0. The van der Waals surface area contributed by atoms with E-state index in [2.05, 4.69) is 59.9 Å². The lowest BCUT2D eigenvalue weighted by atomic mass is 10.1. The molecule has 1 aliphatic heterocycles. The predicted octanol–water partition coefficient (Wildman–Crippen LogP) is 2.70. The molecule has 2 heterocycles. The molecule has 0 spiro atoms. The molecule has 1 saturated heterocycles. The second-order valence-corrected chi connectivity index (χ2v) is 5.99. The minimum atomic E-state index is 0. The van der Waals surface area contributed by atoms with Crippen molar-refractivity contribution >= 4 is 12.4 Å². The lowest BCUT2D eigenvalue weighted by Gasteiger charge is -2.31. The number of piperazine rings is 1. The number of para-hydroxylation sites is 1. The molecule has 0 radical (unpaired) electrons. The molecule has 0 bridgehead atoms. The van der Waals surface area contributed by atoms with Crippen molar-refractivity contribution in [2.45, 2.75) is 33.4 Å². The van der Waals surface area contributed by atoms with Gasteiger partial charge in [-0.15, -0.1) is 12.4 Å². The van der Waals surface area contributed by atoms with E-state index in [0.717, 1.165) is 37.6 Å². The Balaban J connectivity index is 0.00000176. The molecule has 4 nitrogen and oxygen atoms in total. The molecular weight excluding hydrogens is 296 g/mol. The van der Waals surface area contributed by atoms with E-state index in [4.69, 9.17) is 5.10 Å². The zero-order valence-corrected chi connectivity index (χ0v) is 14.4. The van der Waals surface area contributed by atoms with Gasteiger partial charge in [0.25, 0.3) is 0 Å². The largest absolute Gasteiger partial charge is 0.312 e. The van der Waals surface area contributed by atoms with Crippen molar-refractivity contribution < 1.29 is 0 Å². The highest BCUT2D eigenvalue weighted by Gasteiger charge is 2.19. The molecule has 0 saturated carbocycles. The Kier molecular flexibility index (Phi) is 5.62. The Hall–Kier alpha value is -1.36. The number of hydrogen-bond acceptors (Lipinski definition) is 3. The van der Waals surface area contributed by atoms with Crippen LogP contribution >= 0.6 is 12.4 Å². The topological polar surface area (TPSA) is 33.1 Å². The first-order chi connectivity index (χ1) is 10.1. The molecule has 0 amide bonds. The molecule has 22 heavy (non-hydrogen) atoms. The van der Waals surface area contributed by atoms with Crippen LogP contribution in [0.1, 0.15) is 23.9 Å². The highest BCUT2D eigenvalue weighted by atomic mass is 35.5. The summed E-state index contributed by atoms with van der Waals surface area (Å²) in [5.74, 6) is 0. The zero-order chi connectivity index (χ0) is 14.8. The van der Waals surface area contributed by atoms with Gasteiger partial charge >= 0.3 is 0 Å². The fourth-order valence-electron chi connectivity index (χ4n) is 3.10. The van der Waals surface area contributed by atoms with Crippen molar-refractivity contribution in [3.05, 3.63) is 47.3 Å². The average Bonchev–Trinajstić information content (AvgIpc) is 2.76. The van der Waals surface area contributed by atoms with Crippen LogP contribution in [0.2, 0.25) is 0 Å². The maximum atomic E-state index is 4.74. The van der Waals surface area contributed by atoms with Gasteiger partial charge < -0.3 is 5.32 Å². The maximum absolute atomic E-state index is 4.74. The number of hydrogen-bond donors (Lipinski definition) is 1. The molecule has 120 valence electrons. The van der Waals surface area contributed by atoms with E-state index >= 15 is 0 Å². The van der Waals surface area contributed by atoms with Crippen LogP contribution in [0.4, 0.5) is 0 Å². The lowest BCUT2D eigenvalue weighted by molar-refractivity contribution is 0.199. The maximum Gasteiger partial charge on any atom is 0.0648 e. The minimum Gasteiger partial charge on any atom is -0.312 e. The van der Waals surface area contributed by atoms with Crippen LogP contribution in [-0.4, -0.2) is 40.4 Å². The van der Waals surface area contributed by atoms with E-state index in [1.165, 1.54) is 11.3 Å². The third-order valence-electron chi connectivity index (χ3n) is 4.28. The normalized spacial score (nSPS) is 19.0. The van der Waals surface area contributed by atoms with Crippen molar-refractivity contribution in [3.8, 4) is 5.69 Å². The molecule has 5 heteroatoms. The summed E-state index contributed by atoms with van der Waals surface area (Å²) in [5, 5.41) is 8.23. The first-order valence-electron chi connectivity index (χ1n) is 7.71. The van der Waals surface area contributed by atoms with Gasteiger partial charge in [0, 0.05) is 43.5 Å². The fourth-order valence-corrected chi connectivity index (χ4v) is 3.10. The van der Waals surface area contributed by atoms with E-state index in [1.54, 1.807) is 0 Å². The lowest BCUT2D eigenvalue weighted by Crippen LogP contribution is -2.48. The van der Waals surface area contributed by atoms with Gasteiger partial charge in [-0.25, -0.2) is 4.68 Å². The molecule has 2 aromatic rings. The molecule has 1 unspecified atom stereocenters. The first kappa shape index (κ1) is 17.0. The van der Waals surface area contributed by atoms with Crippen LogP contribution in [0.3, 0.4) is 0 Å². The number of aryl methyl sites for hydroxylation is 1. The first-order valence-corrected chi connectivity index (χ1v) is 7.71. The summed E-state index contributed by atoms with van der Waals surface area (Å²) in [6.07, 6.45) is 0. The van der Waals surface area contributed by atoms with E-state index in [0.29, 0.717) is 6.04 Å². The van der Waals surface area contributed by atoms with E-state index in [9.17, 15) is 0 Å². The Bertz CT molecular complexity index is 609. The third kappa shape index (κ3) is 3.51. The summed E-state index contributed by atoms with van der Waals surface area (Å²) in [6, 6.07) is 10.9. The summed E-state index contributed by atoms with van der Waals surface area (Å²) in [7, 11) is 0. The Labute approximate surface area is 138 Å². The monoisotopic (exact) mass is 320 g/mol. The van der Waals surface area contributed by atoms with Gasteiger partial charge in [-0.2, -0.15) is 5.10 Å². The highest BCUT2D eigenvalue weighted by molar-refractivity contribution is 5.85. The number of benzene rings is 1. The third-order valence-corrected chi connectivity index (χ3v) is 4.28. The highest BCUT2D eigenvalue weighted by Crippen LogP contribution is 2.20. The number of aromatic nitrogens is 2. The second kappa shape index (κ2) is 7.27. The van der Waals surface area contributed by atoms with Crippen LogP contribution in [-0.2, 0) is 6.54 Å². The Morgan fingerprint density at radius 3 is 2.64 bits per heavy atom. The van der Waals surface area contributed by atoms with Crippen molar-refractivity contribution in [2.24, 2.45) is 0 Å². The molecule has 1 aromatic heterocycles. The van der Waals surface area contributed by atoms with E-state index in [1.807, 2.05) is 6.07 Å². The van der Waals surface area contributed by atoms with Gasteiger partial charge in [-0.3, -0.25) is 4.90 Å². The Morgan fingerprint density at radius 2 is 1.95 bits per heavy atom. The molecule has 1 fully saturated rings. The minimum absolute atomic E-state index is 0. The summed E-state index contributed by atoms with van der Waals surface area (Å²) < 4.78 is 2.07. The molecule has 1 aliphatic rings. The second-order valence-electron chi connectivity index (χ2n) is 5.99. The van der Waals surface area contributed by atoms with Crippen molar-refractivity contribution in [1.29, 1.82) is 0 Å². The smallest absolute Gasteiger partial charge is 0.0648 e. The van der Waals surface area contributed by atoms with Crippen LogP contribution < -0.4 is 5.32 Å². The van der Waals surface area contributed by atoms with Gasteiger partial charge in [0.05, 0.1) is 11.4 Å². The molecule has 1 aromatic carbocycles. The average molecular weight is 321 g/mol. The van der Waals surface area contributed by atoms with Crippen LogP contribution in [0.5, 0.6) is 0 Å². The van der Waals surface area contributed by atoms with Crippen molar-refractivity contribution in [3.63, 3.8) is 0 Å². The summed E-state index contributed by atoms with van der Waals surface area (Å²) in [5.41, 5.74) is 4.90. The summed E-state index contributed by atoms with van der Waals surface area (Å²) in [6.45, 7) is 10.8. The number of nitrogens with one attached hydrogen (secondary N) is 1. The predicted molar refractivity (Wildman–Crippen MR) is 93.0 cm³/mol. The summed E-state index contributed by atoms with van der Waals surface area (Å²) in [4.78, 5) is 2.52. The number of rotatable bonds is 3. The van der Waals surface area contributed by atoms with Crippen LogP contribution in [0, 0.1) is 13.8 Å². The van der Waals surface area contributed by atoms with E-state index < -0.39 is 0 Å². The van der Waals surface area contributed by atoms with Gasteiger partial charge in [0.1, 0.15) is 0 Å². The van der Waals surface area contributed by atoms with Gasteiger partial charge in [0.2, 0.25) is 0 Å². The van der Waals surface area contributed by atoms with E-state index in [-0.39, 0.29) is 12.4 Å². The van der Waals surface area contributed by atoms with Gasteiger partial charge in [0.15, 0.2) is 0 Å². The molecule has 0 aliphatic carbocycles. The number of halogens is 1. The SMILES string of the molecule is Cc1nn(-c2ccccc2)c(C)c1CN1CCNC(C)C1.Cl. The quantitative estimate of drug-likeness (QED) is 0.944. The van der Waals surface area contributed by atoms with Gasteiger partial charge in [-0.05, 0) is 32.9 Å². The molecule has 1 N–H and O–H groups in total. The molecule has 1 atom stereocenters. The molecule has 3 rings (SSSR count). The zero-order valence-electron chi connectivity index (χ0n) is 13.5. The standard InChI is InChI=1S/C17H24N4.ClH/c1-13-11-20(10-9-18-13)12-17-14(2)19-21(15(17)3)16-7-5-4-6-8-16;/h4-8,13,18H,9-12H2,1-3H3;1H. The van der Waals surface area contributed by atoms with Gasteiger partial charge in [-0.1, -0.05) is 18.2 Å². The van der Waals surface area contributed by atoms with Crippen LogP contribution in [0.25, 0.3) is 5.69 Å². The van der Waals surface area contributed by atoms with Crippen molar-refractivity contribution in [2.75, 3.05) is 19.6 Å².